The third kappa shape index (κ3) is 6.19. The topological polar surface area (TPSA) is 24.1 Å². The van der Waals surface area contributed by atoms with Crippen molar-refractivity contribution >= 4 is 17.3 Å². The van der Waals surface area contributed by atoms with Crippen molar-refractivity contribution < 1.29 is 0 Å². The molecule has 0 aliphatic heterocycles. The highest BCUT2D eigenvalue weighted by Crippen LogP contribution is 2.18. The van der Waals surface area contributed by atoms with Gasteiger partial charge in [0.15, 0.2) is 5.11 Å². The van der Waals surface area contributed by atoms with E-state index in [2.05, 4.69) is 59.1 Å². The average Bonchev–Trinajstić information content (AvgIpc) is 1.79. The molecule has 2 nitrogen and oxygen atoms in total. The Morgan fingerprint density at radius 1 is 1.07 bits per heavy atom. The Hall–Kier alpha value is -0.310. The van der Waals surface area contributed by atoms with Gasteiger partial charge < -0.3 is 10.6 Å². The first kappa shape index (κ1) is 13.7. The standard InChI is InChI=1S/C11H24N2S/c1-8(10(2,3)4)12-9(14)13-11(5,6)7/h8H,1-7H3,(H2,12,13,14)/t8-/m1/s1. The minimum Gasteiger partial charge on any atom is -0.360 e. The monoisotopic (exact) mass is 216 g/mol. The molecule has 84 valence electrons. The van der Waals surface area contributed by atoms with E-state index in [0.717, 1.165) is 5.11 Å². The van der Waals surface area contributed by atoms with E-state index < -0.39 is 0 Å². The number of hydrogen-bond acceptors (Lipinski definition) is 1. The van der Waals surface area contributed by atoms with E-state index in [-0.39, 0.29) is 11.0 Å². The zero-order valence-electron chi connectivity index (χ0n) is 10.5. The van der Waals surface area contributed by atoms with Gasteiger partial charge >= 0.3 is 0 Å². The predicted octanol–water partition coefficient (Wildman–Crippen LogP) is 2.68. The van der Waals surface area contributed by atoms with Gasteiger partial charge in [0.05, 0.1) is 0 Å². The van der Waals surface area contributed by atoms with Crippen LogP contribution in [0.25, 0.3) is 0 Å². The molecule has 0 saturated heterocycles. The molecule has 0 heterocycles. The van der Waals surface area contributed by atoms with Crippen molar-refractivity contribution in [1.29, 1.82) is 0 Å². The van der Waals surface area contributed by atoms with Crippen LogP contribution in [0.5, 0.6) is 0 Å². The van der Waals surface area contributed by atoms with Gasteiger partial charge in [-0.3, -0.25) is 0 Å². The minimum absolute atomic E-state index is 0.0295. The zero-order chi connectivity index (χ0) is 11.6. The molecule has 0 fully saturated rings. The van der Waals surface area contributed by atoms with Gasteiger partial charge in [0, 0.05) is 11.6 Å². The fourth-order valence-electron chi connectivity index (χ4n) is 0.790. The summed E-state index contributed by atoms with van der Waals surface area (Å²) in [6.07, 6.45) is 0. The molecule has 1 atom stereocenters. The molecule has 0 bridgehead atoms. The zero-order valence-corrected chi connectivity index (χ0v) is 11.3. The van der Waals surface area contributed by atoms with Crippen LogP contribution in [0.4, 0.5) is 0 Å². The summed E-state index contributed by atoms with van der Waals surface area (Å²) in [5.41, 5.74) is 0.255. The minimum atomic E-state index is 0.0295. The Bertz CT molecular complexity index is 198. The van der Waals surface area contributed by atoms with E-state index in [1.54, 1.807) is 0 Å². The van der Waals surface area contributed by atoms with Crippen LogP contribution in [-0.2, 0) is 0 Å². The van der Waals surface area contributed by atoms with Crippen molar-refractivity contribution in [2.75, 3.05) is 0 Å². The lowest BCUT2D eigenvalue weighted by Gasteiger charge is -2.31. The molecule has 0 aromatic heterocycles. The Balaban J connectivity index is 4.09. The number of nitrogens with one attached hydrogen (secondary N) is 2. The van der Waals surface area contributed by atoms with Gasteiger partial charge in [0.1, 0.15) is 0 Å². The maximum Gasteiger partial charge on any atom is 0.166 e. The summed E-state index contributed by atoms with van der Waals surface area (Å²) in [6.45, 7) is 15.0. The Labute approximate surface area is 93.8 Å². The van der Waals surface area contributed by atoms with Crippen molar-refractivity contribution in [3.05, 3.63) is 0 Å². The van der Waals surface area contributed by atoms with Crippen molar-refractivity contribution in [3.8, 4) is 0 Å². The van der Waals surface area contributed by atoms with Crippen LogP contribution in [-0.4, -0.2) is 16.7 Å². The molecule has 0 radical (unpaired) electrons. The molecule has 3 heteroatoms. The fraction of sp³-hybridized carbons (Fsp3) is 0.909. The van der Waals surface area contributed by atoms with Gasteiger partial charge in [0.2, 0.25) is 0 Å². The molecule has 0 rings (SSSR count). The fourth-order valence-corrected chi connectivity index (χ4v) is 1.27. The van der Waals surface area contributed by atoms with Crippen molar-refractivity contribution in [3.63, 3.8) is 0 Å². The second-order valence-corrected chi connectivity index (χ2v) is 6.34. The normalized spacial score (nSPS) is 14.8. The molecule has 0 saturated carbocycles. The lowest BCUT2D eigenvalue weighted by Crippen LogP contribution is -2.51. The van der Waals surface area contributed by atoms with Crippen LogP contribution in [0.15, 0.2) is 0 Å². The van der Waals surface area contributed by atoms with Gasteiger partial charge in [-0.15, -0.1) is 0 Å². The molecule has 0 aliphatic carbocycles. The molecular weight excluding hydrogens is 192 g/mol. The second-order valence-electron chi connectivity index (χ2n) is 5.94. The molecule has 0 aliphatic rings. The van der Waals surface area contributed by atoms with E-state index in [0.29, 0.717) is 6.04 Å². The number of rotatable bonds is 1. The highest BCUT2D eigenvalue weighted by atomic mass is 32.1. The number of hydrogen-bond donors (Lipinski definition) is 2. The Kier molecular flexibility index (Phi) is 4.37. The largest absolute Gasteiger partial charge is 0.360 e. The van der Waals surface area contributed by atoms with Gasteiger partial charge in [-0.2, -0.15) is 0 Å². The molecular formula is C11H24N2S. The van der Waals surface area contributed by atoms with Crippen molar-refractivity contribution in [2.45, 2.75) is 60.0 Å². The first-order valence-electron chi connectivity index (χ1n) is 5.11. The van der Waals surface area contributed by atoms with Gasteiger partial charge in [-0.05, 0) is 45.3 Å². The van der Waals surface area contributed by atoms with Gasteiger partial charge in [-0.25, -0.2) is 0 Å². The smallest absolute Gasteiger partial charge is 0.166 e. The Morgan fingerprint density at radius 3 is 1.79 bits per heavy atom. The van der Waals surface area contributed by atoms with Crippen LogP contribution in [0.1, 0.15) is 48.5 Å². The van der Waals surface area contributed by atoms with Gasteiger partial charge in [0.25, 0.3) is 0 Å². The van der Waals surface area contributed by atoms with E-state index in [1.165, 1.54) is 0 Å². The summed E-state index contributed by atoms with van der Waals surface area (Å²) in [6, 6.07) is 0.366. The molecule has 0 amide bonds. The summed E-state index contributed by atoms with van der Waals surface area (Å²) in [5.74, 6) is 0. The summed E-state index contributed by atoms with van der Waals surface area (Å²) in [5, 5.41) is 7.28. The van der Waals surface area contributed by atoms with E-state index in [1.807, 2.05) is 0 Å². The summed E-state index contributed by atoms with van der Waals surface area (Å²) < 4.78 is 0. The average molecular weight is 216 g/mol. The predicted molar refractivity (Wildman–Crippen MR) is 67.5 cm³/mol. The lowest BCUT2D eigenvalue weighted by molar-refractivity contribution is 0.313. The van der Waals surface area contributed by atoms with Gasteiger partial charge in [-0.1, -0.05) is 20.8 Å². The summed E-state index contributed by atoms with van der Waals surface area (Å²) in [7, 11) is 0. The lowest BCUT2D eigenvalue weighted by atomic mass is 9.88. The van der Waals surface area contributed by atoms with Crippen LogP contribution in [0.3, 0.4) is 0 Å². The second kappa shape index (κ2) is 4.47. The Morgan fingerprint density at radius 2 is 1.50 bits per heavy atom. The van der Waals surface area contributed by atoms with Crippen LogP contribution in [0, 0.1) is 5.41 Å². The van der Waals surface area contributed by atoms with Crippen LogP contribution >= 0.6 is 12.2 Å². The first-order valence-corrected chi connectivity index (χ1v) is 5.52. The molecule has 2 N–H and O–H groups in total. The van der Waals surface area contributed by atoms with E-state index >= 15 is 0 Å². The summed E-state index contributed by atoms with van der Waals surface area (Å²) in [4.78, 5) is 0. The highest BCUT2D eigenvalue weighted by Gasteiger charge is 2.21. The highest BCUT2D eigenvalue weighted by molar-refractivity contribution is 7.80. The van der Waals surface area contributed by atoms with Crippen LogP contribution in [0.2, 0.25) is 0 Å². The van der Waals surface area contributed by atoms with Crippen molar-refractivity contribution in [1.82, 2.24) is 10.6 Å². The van der Waals surface area contributed by atoms with E-state index in [9.17, 15) is 0 Å². The summed E-state index contributed by atoms with van der Waals surface area (Å²) >= 11 is 5.23. The van der Waals surface area contributed by atoms with Crippen LogP contribution < -0.4 is 10.6 Å². The molecule has 0 aromatic rings. The third-order valence-electron chi connectivity index (χ3n) is 2.14. The van der Waals surface area contributed by atoms with E-state index in [4.69, 9.17) is 12.2 Å². The molecule has 0 spiro atoms. The molecule has 14 heavy (non-hydrogen) atoms. The quantitative estimate of drug-likeness (QED) is 0.659. The third-order valence-corrected chi connectivity index (χ3v) is 2.36. The molecule has 0 unspecified atom stereocenters. The maximum absolute atomic E-state index is 5.23. The number of thiocarbonyl (C=S) groups is 1. The van der Waals surface area contributed by atoms with Crippen molar-refractivity contribution in [2.24, 2.45) is 5.41 Å². The SMILES string of the molecule is C[C@@H](NC(=S)NC(C)(C)C)C(C)(C)C. The maximum atomic E-state index is 5.23. The molecule has 0 aromatic carbocycles. The first-order chi connectivity index (χ1) is 6.02.